The highest BCUT2D eigenvalue weighted by atomic mass is 32.1. The van der Waals surface area contributed by atoms with E-state index in [1.807, 2.05) is 24.3 Å². The van der Waals surface area contributed by atoms with Crippen molar-refractivity contribution in [3.8, 4) is 0 Å². The van der Waals surface area contributed by atoms with Crippen LogP contribution in [0.15, 0.2) is 41.6 Å². The molecule has 1 aromatic carbocycles. The number of hydrogen-bond acceptors (Lipinski definition) is 5. The van der Waals surface area contributed by atoms with Crippen LogP contribution in [0.5, 0.6) is 0 Å². The molecule has 23 heavy (non-hydrogen) atoms. The molecule has 0 fully saturated rings. The Labute approximate surface area is 143 Å². The molecule has 126 valence electrons. The molecule has 0 aliphatic heterocycles. The molecule has 0 aliphatic rings. The molecule has 0 saturated heterocycles. The molecule has 0 bridgehead atoms. The Morgan fingerprint density at radius 1 is 1.35 bits per heavy atom. The second-order valence-corrected chi connectivity index (χ2v) is 5.44. The second-order valence-electron chi connectivity index (χ2n) is 5.02. The summed E-state index contributed by atoms with van der Waals surface area (Å²) in [6.07, 6.45) is 0. The first kappa shape index (κ1) is 19.3. The molecule has 1 aromatic heterocycles. The van der Waals surface area contributed by atoms with E-state index >= 15 is 0 Å². The zero-order chi connectivity index (χ0) is 17.2. The first-order valence-electron chi connectivity index (χ1n) is 7.66. The van der Waals surface area contributed by atoms with E-state index in [0.29, 0.717) is 17.3 Å². The van der Waals surface area contributed by atoms with E-state index in [1.165, 1.54) is 0 Å². The molecule has 0 atom stereocenters. The quantitative estimate of drug-likeness (QED) is 0.483. The Hall–Kier alpha value is -1.79. The lowest BCUT2D eigenvalue weighted by atomic mass is 10.3. The Morgan fingerprint density at radius 2 is 2.00 bits per heavy atom. The summed E-state index contributed by atoms with van der Waals surface area (Å²) in [4.78, 5) is 20.3. The Morgan fingerprint density at radius 3 is 2.57 bits per heavy atom. The zero-order valence-electron chi connectivity index (χ0n) is 14.0. The van der Waals surface area contributed by atoms with Crippen molar-refractivity contribution in [2.75, 3.05) is 26.2 Å². The Balaban J connectivity index is 0.000000235. The predicted molar refractivity (Wildman–Crippen MR) is 96.9 cm³/mol. The van der Waals surface area contributed by atoms with Crippen molar-refractivity contribution in [2.45, 2.75) is 25.9 Å². The molecule has 6 heteroatoms. The van der Waals surface area contributed by atoms with Gasteiger partial charge in [0.1, 0.15) is 6.61 Å². The van der Waals surface area contributed by atoms with Crippen molar-refractivity contribution >= 4 is 29.6 Å². The van der Waals surface area contributed by atoms with E-state index in [4.69, 9.17) is 4.74 Å². The number of ether oxygens (including phenoxy) is 1. The van der Waals surface area contributed by atoms with Crippen molar-refractivity contribution in [3.05, 3.63) is 36.4 Å². The predicted octanol–water partition coefficient (Wildman–Crippen LogP) is 3.30. The SMILES string of the molecule is C=C(C)C(=O)OCCN(CC)CC.Sc1nc2ccccc2[nH]1. The zero-order valence-corrected chi connectivity index (χ0v) is 14.9. The average molecular weight is 335 g/mol. The highest BCUT2D eigenvalue weighted by Crippen LogP contribution is 2.11. The van der Waals surface area contributed by atoms with Crippen LogP contribution in [-0.2, 0) is 9.53 Å². The number of nitrogens with zero attached hydrogens (tertiary/aromatic N) is 2. The Bertz CT molecular complexity index is 603. The molecule has 0 saturated carbocycles. The molecule has 1 heterocycles. The number of esters is 1. The number of H-pyrrole nitrogens is 1. The number of rotatable bonds is 6. The number of nitrogens with one attached hydrogen (secondary N) is 1. The number of aromatic amines is 1. The first-order chi connectivity index (χ1) is 11.0. The topological polar surface area (TPSA) is 58.2 Å². The second kappa shape index (κ2) is 10.1. The first-order valence-corrected chi connectivity index (χ1v) is 8.11. The maximum atomic E-state index is 11.0. The smallest absolute Gasteiger partial charge is 0.333 e. The minimum atomic E-state index is -0.299. The number of para-hydroxylation sites is 2. The van der Waals surface area contributed by atoms with Gasteiger partial charge in [-0.1, -0.05) is 32.6 Å². The van der Waals surface area contributed by atoms with Gasteiger partial charge in [-0.2, -0.15) is 0 Å². The van der Waals surface area contributed by atoms with Gasteiger partial charge in [0.15, 0.2) is 5.16 Å². The minimum Gasteiger partial charge on any atom is -0.461 e. The number of imidazole rings is 1. The number of aromatic nitrogens is 2. The summed E-state index contributed by atoms with van der Waals surface area (Å²) in [7, 11) is 0. The van der Waals surface area contributed by atoms with Crippen LogP contribution in [0.4, 0.5) is 0 Å². The van der Waals surface area contributed by atoms with E-state index in [2.05, 4.69) is 47.9 Å². The van der Waals surface area contributed by atoms with Crippen molar-refractivity contribution in [1.29, 1.82) is 0 Å². The summed E-state index contributed by atoms with van der Waals surface area (Å²) in [5, 5.41) is 0.668. The van der Waals surface area contributed by atoms with Crippen LogP contribution >= 0.6 is 12.6 Å². The van der Waals surface area contributed by atoms with E-state index in [1.54, 1.807) is 6.92 Å². The molecular formula is C17H25N3O2S. The van der Waals surface area contributed by atoms with Crippen molar-refractivity contribution in [2.24, 2.45) is 0 Å². The van der Waals surface area contributed by atoms with Crippen molar-refractivity contribution in [1.82, 2.24) is 14.9 Å². The lowest BCUT2D eigenvalue weighted by molar-refractivity contribution is -0.139. The molecule has 2 rings (SSSR count). The lowest BCUT2D eigenvalue weighted by Gasteiger charge is -2.17. The van der Waals surface area contributed by atoms with Crippen LogP contribution < -0.4 is 0 Å². The van der Waals surface area contributed by atoms with Gasteiger partial charge in [0.05, 0.1) is 11.0 Å². The van der Waals surface area contributed by atoms with Gasteiger partial charge in [-0.05, 0) is 32.1 Å². The van der Waals surface area contributed by atoms with Crippen LogP contribution in [0.2, 0.25) is 0 Å². The standard InChI is InChI=1S/C10H19NO2.C7H6N2S/c1-5-11(6-2)7-8-13-10(12)9(3)4;10-7-8-5-3-1-2-4-6(5)9-7/h3,5-8H2,1-2,4H3;1-4H,(H2,8,9,10). The van der Waals surface area contributed by atoms with Crippen LogP contribution in [0.1, 0.15) is 20.8 Å². The molecular weight excluding hydrogens is 310 g/mol. The number of benzene rings is 1. The number of hydrogen-bond donors (Lipinski definition) is 2. The number of carbonyl (C=O) groups is 1. The Kier molecular flexibility index (Phi) is 8.43. The van der Waals surface area contributed by atoms with Crippen LogP contribution in [0.3, 0.4) is 0 Å². The van der Waals surface area contributed by atoms with Gasteiger partial charge in [-0.15, -0.1) is 12.6 Å². The fourth-order valence-electron chi connectivity index (χ4n) is 1.87. The van der Waals surface area contributed by atoms with Gasteiger partial charge < -0.3 is 14.6 Å². The highest BCUT2D eigenvalue weighted by Gasteiger charge is 2.04. The lowest BCUT2D eigenvalue weighted by Crippen LogP contribution is -2.27. The van der Waals surface area contributed by atoms with Crippen molar-refractivity contribution in [3.63, 3.8) is 0 Å². The molecule has 5 nitrogen and oxygen atoms in total. The maximum absolute atomic E-state index is 11.0. The van der Waals surface area contributed by atoms with Gasteiger partial charge in [0.25, 0.3) is 0 Å². The van der Waals surface area contributed by atoms with Gasteiger partial charge in [-0.3, -0.25) is 0 Å². The molecule has 0 aliphatic carbocycles. The van der Waals surface area contributed by atoms with Crippen LogP contribution in [0, 0.1) is 0 Å². The number of carbonyl (C=O) groups excluding carboxylic acids is 1. The summed E-state index contributed by atoms with van der Waals surface area (Å²) in [6, 6.07) is 7.84. The van der Waals surface area contributed by atoms with Crippen LogP contribution in [-0.4, -0.2) is 47.1 Å². The highest BCUT2D eigenvalue weighted by molar-refractivity contribution is 7.80. The third kappa shape index (κ3) is 6.88. The summed E-state index contributed by atoms with van der Waals surface area (Å²) >= 11 is 4.08. The van der Waals surface area contributed by atoms with E-state index in [-0.39, 0.29) is 5.97 Å². The van der Waals surface area contributed by atoms with Crippen LogP contribution in [0.25, 0.3) is 11.0 Å². The van der Waals surface area contributed by atoms with Gasteiger partial charge >= 0.3 is 5.97 Å². The largest absolute Gasteiger partial charge is 0.461 e. The molecule has 2 aromatic rings. The summed E-state index contributed by atoms with van der Waals surface area (Å²) in [5.74, 6) is -0.299. The maximum Gasteiger partial charge on any atom is 0.333 e. The van der Waals surface area contributed by atoms with Gasteiger partial charge in [0, 0.05) is 12.1 Å². The number of fused-ring (bicyclic) bond motifs is 1. The third-order valence-electron chi connectivity index (χ3n) is 3.26. The van der Waals surface area contributed by atoms with Gasteiger partial charge in [-0.25, -0.2) is 9.78 Å². The van der Waals surface area contributed by atoms with E-state index < -0.39 is 0 Å². The number of likely N-dealkylation sites (N-methyl/N-ethyl adjacent to an activating group) is 1. The normalized spacial score (nSPS) is 10.3. The molecule has 0 spiro atoms. The molecule has 1 N–H and O–H groups in total. The fraction of sp³-hybridized carbons (Fsp3) is 0.412. The third-order valence-corrected chi connectivity index (χ3v) is 3.47. The van der Waals surface area contributed by atoms with Gasteiger partial charge in [0.2, 0.25) is 0 Å². The van der Waals surface area contributed by atoms with E-state index in [9.17, 15) is 4.79 Å². The summed E-state index contributed by atoms with van der Waals surface area (Å²) < 4.78 is 4.96. The minimum absolute atomic E-state index is 0.299. The fourth-order valence-corrected chi connectivity index (χ4v) is 2.10. The summed E-state index contributed by atoms with van der Waals surface area (Å²) in [5.41, 5.74) is 2.46. The molecule has 0 radical (unpaired) electrons. The summed E-state index contributed by atoms with van der Waals surface area (Å²) in [6.45, 7) is 12.6. The number of thiol groups is 1. The average Bonchev–Trinajstić information content (AvgIpc) is 2.92. The monoisotopic (exact) mass is 335 g/mol. The molecule has 0 amide bonds. The van der Waals surface area contributed by atoms with Crippen molar-refractivity contribution < 1.29 is 9.53 Å². The van der Waals surface area contributed by atoms with E-state index in [0.717, 1.165) is 30.7 Å². The molecule has 0 unspecified atom stereocenters.